The molecule has 5 rings (SSSR count). The maximum absolute atomic E-state index is 10.8. The number of hydrogen-bond donors (Lipinski definition) is 2. The van der Waals surface area contributed by atoms with E-state index >= 15 is 0 Å². The number of β-amino-alcohol motifs (C(OH)–C–C–N with tert-alkyl or cyclic N) is 1. The van der Waals surface area contributed by atoms with E-state index in [2.05, 4.69) is 10.1 Å². The van der Waals surface area contributed by atoms with Crippen LogP contribution in [-0.4, -0.2) is 77.5 Å². The van der Waals surface area contributed by atoms with Crippen molar-refractivity contribution in [3.05, 3.63) is 18.2 Å². The zero-order valence-corrected chi connectivity index (χ0v) is 18.6. The van der Waals surface area contributed by atoms with Gasteiger partial charge >= 0.3 is 0 Å². The van der Waals surface area contributed by atoms with Gasteiger partial charge in [0.2, 0.25) is 0 Å². The van der Waals surface area contributed by atoms with Crippen molar-refractivity contribution in [2.24, 2.45) is 5.92 Å². The lowest BCUT2D eigenvalue weighted by Crippen LogP contribution is -2.49. The largest absolute Gasteiger partial charge is 0.487 e. The van der Waals surface area contributed by atoms with E-state index < -0.39 is 11.7 Å². The molecule has 0 radical (unpaired) electrons. The van der Waals surface area contributed by atoms with Gasteiger partial charge in [-0.3, -0.25) is 0 Å². The molecule has 0 unspecified atom stereocenters. The van der Waals surface area contributed by atoms with Crippen LogP contribution in [0.2, 0.25) is 0 Å². The molecule has 0 amide bonds. The molecule has 8 heteroatoms. The first-order chi connectivity index (χ1) is 15.6. The average Bonchev–Trinajstić information content (AvgIpc) is 3.40. The van der Waals surface area contributed by atoms with Gasteiger partial charge in [0.25, 0.3) is 5.88 Å². The van der Waals surface area contributed by atoms with Crippen LogP contribution >= 0.6 is 0 Å². The summed E-state index contributed by atoms with van der Waals surface area (Å²) in [5.74, 6) is 1.55. The van der Waals surface area contributed by atoms with Gasteiger partial charge in [-0.15, -0.1) is 0 Å². The summed E-state index contributed by atoms with van der Waals surface area (Å²) in [4.78, 5) is 2.37. The highest BCUT2D eigenvalue weighted by Crippen LogP contribution is 2.36. The Kier molecular flexibility index (Phi) is 6.55. The molecule has 2 saturated heterocycles. The first-order valence-electron chi connectivity index (χ1n) is 12.0. The summed E-state index contributed by atoms with van der Waals surface area (Å²) in [7, 11) is 0. The Morgan fingerprint density at radius 2 is 1.94 bits per heavy atom. The van der Waals surface area contributed by atoms with Crippen molar-refractivity contribution in [2.45, 2.75) is 62.8 Å². The number of likely N-dealkylation sites (tertiary alicyclic amines) is 1. The second-order valence-electron chi connectivity index (χ2n) is 9.64. The van der Waals surface area contributed by atoms with Gasteiger partial charge < -0.3 is 33.8 Å². The standard InChI is InChI=1S/C24H34N2O6/c27-18-3-1-4-19(18)31-20-5-2-6-21-22(20)23(25-32-21)30-15-17-7-11-26(12-8-17)16-24(28)9-13-29-14-10-24/h2,5-6,17-19,27-28H,1,3-4,7-16H2/t18-,19+/m1/s1. The predicted octanol–water partition coefficient (Wildman–Crippen LogP) is 2.75. The van der Waals surface area contributed by atoms with E-state index in [4.69, 9.17) is 18.7 Å². The molecular formula is C24H34N2O6. The highest BCUT2D eigenvalue weighted by molar-refractivity contribution is 5.88. The van der Waals surface area contributed by atoms with E-state index in [9.17, 15) is 10.2 Å². The Balaban J connectivity index is 1.16. The summed E-state index contributed by atoms with van der Waals surface area (Å²) in [6.45, 7) is 4.53. The number of ether oxygens (including phenoxy) is 3. The smallest absolute Gasteiger partial charge is 0.265 e. The number of aliphatic hydroxyl groups excluding tert-OH is 1. The van der Waals surface area contributed by atoms with Crippen LogP contribution in [0.4, 0.5) is 0 Å². The quantitative estimate of drug-likeness (QED) is 0.670. The molecule has 0 bridgehead atoms. The van der Waals surface area contributed by atoms with Gasteiger partial charge in [-0.25, -0.2) is 0 Å². The summed E-state index contributed by atoms with van der Waals surface area (Å²) >= 11 is 0. The first kappa shape index (κ1) is 21.9. The van der Waals surface area contributed by atoms with Crippen LogP contribution in [0.25, 0.3) is 11.0 Å². The Bertz CT molecular complexity index is 888. The molecule has 1 aromatic carbocycles. The number of benzene rings is 1. The maximum Gasteiger partial charge on any atom is 0.265 e. The predicted molar refractivity (Wildman–Crippen MR) is 118 cm³/mol. The lowest BCUT2D eigenvalue weighted by Gasteiger charge is -2.39. The number of aromatic nitrogens is 1. The molecule has 1 aromatic heterocycles. The van der Waals surface area contributed by atoms with E-state index in [0.717, 1.165) is 70.0 Å². The molecule has 2 aliphatic heterocycles. The fourth-order valence-electron chi connectivity index (χ4n) is 5.17. The molecule has 1 saturated carbocycles. The minimum atomic E-state index is -0.607. The third kappa shape index (κ3) is 4.88. The van der Waals surface area contributed by atoms with Crippen LogP contribution in [0.3, 0.4) is 0 Å². The normalized spacial score (nSPS) is 27.1. The SMILES string of the molecule is O[C@@H]1CCC[C@@H]1Oc1cccc2onc(OCC3CCN(CC4(O)CCOCC4)CC3)c12. The van der Waals surface area contributed by atoms with Gasteiger partial charge in [0, 0.05) is 32.6 Å². The van der Waals surface area contributed by atoms with Crippen LogP contribution in [0.15, 0.2) is 22.7 Å². The van der Waals surface area contributed by atoms with Crippen molar-refractivity contribution in [2.75, 3.05) is 39.5 Å². The molecule has 3 aliphatic rings. The van der Waals surface area contributed by atoms with Gasteiger partial charge in [0.15, 0.2) is 5.58 Å². The zero-order chi connectivity index (χ0) is 22.0. The fraction of sp³-hybridized carbons (Fsp3) is 0.708. The zero-order valence-electron chi connectivity index (χ0n) is 18.6. The molecule has 2 atom stereocenters. The highest BCUT2D eigenvalue weighted by Gasteiger charge is 2.33. The third-order valence-corrected chi connectivity index (χ3v) is 7.23. The molecule has 0 spiro atoms. The van der Waals surface area contributed by atoms with Gasteiger partial charge in [0.05, 0.1) is 18.3 Å². The maximum atomic E-state index is 10.8. The van der Waals surface area contributed by atoms with Crippen LogP contribution in [0.5, 0.6) is 11.6 Å². The van der Waals surface area contributed by atoms with Crippen molar-refractivity contribution in [1.82, 2.24) is 10.1 Å². The van der Waals surface area contributed by atoms with E-state index in [1.807, 2.05) is 18.2 Å². The minimum Gasteiger partial charge on any atom is -0.487 e. The number of nitrogens with zero attached hydrogens (tertiary/aromatic N) is 2. The summed E-state index contributed by atoms with van der Waals surface area (Å²) in [6.07, 6.45) is 5.46. The Hall–Kier alpha value is -1.87. The molecule has 2 aromatic rings. The van der Waals surface area contributed by atoms with Crippen LogP contribution in [-0.2, 0) is 4.74 Å². The van der Waals surface area contributed by atoms with Crippen molar-refractivity contribution in [3.8, 4) is 11.6 Å². The second kappa shape index (κ2) is 9.55. The highest BCUT2D eigenvalue weighted by atomic mass is 16.5. The summed E-state index contributed by atoms with van der Waals surface area (Å²) < 4.78 is 23.1. The lowest BCUT2D eigenvalue weighted by atomic mass is 9.91. The number of piperidine rings is 1. The second-order valence-corrected chi connectivity index (χ2v) is 9.64. The monoisotopic (exact) mass is 446 g/mol. The average molecular weight is 447 g/mol. The van der Waals surface area contributed by atoms with Crippen molar-refractivity contribution >= 4 is 11.0 Å². The Morgan fingerprint density at radius 3 is 2.69 bits per heavy atom. The fourth-order valence-corrected chi connectivity index (χ4v) is 5.17. The molecule has 3 fully saturated rings. The molecule has 3 heterocycles. The van der Waals surface area contributed by atoms with E-state index in [0.29, 0.717) is 43.0 Å². The number of rotatable bonds is 7. The summed E-state index contributed by atoms with van der Waals surface area (Å²) in [6, 6.07) is 5.61. The van der Waals surface area contributed by atoms with Crippen molar-refractivity contribution < 1.29 is 28.9 Å². The molecule has 2 N–H and O–H groups in total. The molecule has 176 valence electrons. The van der Waals surface area contributed by atoms with Crippen molar-refractivity contribution in [3.63, 3.8) is 0 Å². The molecule has 32 heavy (non-hydrogen) atoms. The van der Waals surface area contributed by atoms with E-state index in [-0.39, 0.29) is 6.10 Å². The topological polar surface area (TPSA) is 97.4 Å². The number of aliphatic hydroxyl groups is 2. The van der Waals surface area contributed by atoms with E-state index in [1.54, 1.807) is 0 Å². The van der Waals surface area contributed by atoms with Crippen molar-refractivity contribution in [1.29, 1.82) is 0 Å². The number of hydrogen-bond acceptors (Lipinski definition) is 8. The lowest BCUT2D eigenvalue weighted by molar-refractivity contribution is -0.0834. The van der Waals surface area contributed by atoms with Gasteiger partial charge in [-0.05, 0) is 68.4 Å². The van der Waals surface area contributed by atoms with E-state index in [1.165, 1.54) is 0 Å². The molecule has 1 aliphatic carbocycles. The third-order valence-electron chi connectivity index (χ3n) is 7.23. The van der Waals surface area contributed by atoms with Gasteiger partial charge in [-0.2, -0.15) is 0 Å². The van der Waals surface area contributed by atoms with Gasteiger partial charge in [0.1, 0.15) is 17.2 Å². The first-order valence-corrected chi connectivity index (χ1v) is 12.0. The molecule has 8 nitrogen and oxygen atoms in total. The van der Waals surface area contributed by atoms with Gasteiger partial charge in [-0.1, -0.05) is 6.07 Å². The van der Waals surface area contributed by atoms with Crippen LogP contribution < -0.4 is 9.47 Å². The molecular weight excluding hydrogens is 412 g/mol. The number of fused-ring (bicyclic) bond motifs is 1. The Labute approximate surface area is 188 Å². The minimum absolute atomic E-state index is 0.196. The summed E-state index contributed by atoms with van der Waals surface area (Å²) in [5, 5.41) is 25.8. The summed E-state index contributed by atoms with van der Waals surface area (Å²) in [5.41, 5.74) is 0.0225. The van der Waals surface area contributed by atoms with Crippen LogP contribution in [0, 0.1) is 5.92 Å². The van der Waals surface area contributed by atoms with Crippen LogP contribution in [0.1, 0.15) is 44.9 Å². The Morgan fingerprint density at radius 1 is 1.12 bits per heavy atom.